The third-order valence-electron chi connectivity index (χ3n) is 2.62. The molecule has 0 saturated carbocycles. The van der Waals surface area contributed by atoms with E-state index in [4.69, 9.17) is 5.26 Å². The Balaban J connectivity index is 2.40. The molecular formula is C15H14N2. The predicted molar refractivity (Wildman–Crippen MR) is 70.2 cm³/mol. The zero-order valence-electron chi connectivity index (χ0n) is 9.85. The summed E-state index contributed by atoms with van der Waals surface area (Å²) >= 11 is 0. The van der Waals surface area contributed by atoms with Gasteiger partial charge < -0.3 is 0 Å². The van der Waals surface area contributed by atoms with E-state index in [0.29, 0.717) is 0 Å². The molecule has 1 aromatic heterocycles. The molecule has 0 fully saturated rings. The van der Waals surface area contributed by atoms with Gasteiger partial charge in [0.05, 0.1) is 11.6 Å². The van der Waals surface area contributed by atoms with Crippen LogP contribution in [0.2, 0.25) is 0 Å². The second-order valence-electron chi connectivity index (χ2n) is 3.99. The highest BCUT2D eigenvalue weighted by Gasteiger charge is 1.98. The summed E-state index contributed by atoms with van der Waals surface area (Å²) in [7, 11) is 0. The Hall–Kier alpha value is -2.14. The lowest BCUT2D eigenvalue weighted by atomic mass is 10.1. The van der Waals surface area contributed by atoms with Gasteiger partial charge in [0.15, 0.2) is 0 Å². The van der Waals surface area contributed by atoms with Gasteiger partial charge in [-0.3, -0.25) is 4.98 Å². The van der Waals surface area contributed by atoms with Crippen molar-refractivity contribution in [3.05, 3.63) is 47.7 Å². The number of allylic oxidation sites excluding steroid dienone is 1. The van der Waals surface area contributed by atoms with E-state index in [9.17, 15) is 0 Å². The summed E-state index contributed by atoms with van der Waals surface area (Å²) < 4.78 is 0. The predicted octanol–water partition coefficient (Wildman–Crippen LogP) is 3.94. The Bertz CT molecular complexity index is 591. The zero-order chi connectivity index (χ0) is 12.1. The minimum atomic E-state index is 0.810. The molecule has 84 valence electrons. The molecule has 0 radical (unpaired) electrons. The number of benzene rings is 1. The molecule has 0 N–H and O–H groups in total. The van der Waals surface area contributed by atoms with Gasteiger partial charge in [-0.05, 0) is 30.2 Å². The summed E-state index contributed by atoms with van der Waals surface area (Å²) in [6.07, 6.45) is 5.54. The Morgan fingerprint density at radius 3 is 3.00 bits per heavy atom. The van der Waals surface area contributed by atoms with Crippen LogP contribution in [0.25, 0.3) is 17.0 Å². The molecule has 1 aromatic carbocycles. The maximum Gasteiger partial charge on any atom is 0.0947 e. The third kappa shape index (κ3) is 2.70. The second-order valence-corrected chi connectivity index (χ2v) is 3.99. The molecule has 2 heteroatoms. The smallest absolute Gasteiger partial charge is 0.0947 e. The SMILES string of the molecule is CCC/C(C#N)=C\c1cnc2ccccc2c1. The maximum atomic E-state index is 8.99. The fourth-order valence-electron chi connectivity index (χ4n) is 1.80. The van der Waals surface area contributed by atoms with E-state index in [2.05, 4.69) is 24.0 Å². The monoisotopic (exact) mass is 222 g/mol. The van der Waals surface area contributed by atoms with E-state index < -0.39 is 0 Å². The van der Waals surface area contributed by atoms with Crippen molar-refractivity contribution in [3.63, 3.8) is 0 Å². The summed E-state index contributed by atoms with van der Waals surface area (Å²) in [5.74, 6) is 0. The van der Waals surface area contributed by atoms with Crippen LogP contribution in [-0.4, -0.2) is 4.98 Å². The number of pyridine rings is 1. The topological polar surface area (TPSA) is 36.7 Å². The van der Waals surface area contributed by atoms with Crippen molar-refractivity contribution in [1.82, 2.24) is 4.98 Å². The van der Waals surface area contributed by atoms with Crippen molar-refractivity contribution < 1.29 is 0 Å². The Morgan fingerprint density at radius 2 is 2.24 bits per heavy atom. The average Bonchev–Trinajstić information content (AvgIpc) is 2.38. The van der Waals surface area contributed by atoms with Crippen molar-refractivity contribution in [1.29, 1.82) is 5.26 Å². The van der Waals surface area contributed by atoms with Crippen molar-refractivity contribution in [2.24, 2.45) is 0 Å². The van der Waals surface area contributed by atoms with Gasteiger partial charge in [-0.15, -0.1) is 0 Å². The minimum Gasteiger partial charge on any atom is -0.256 e. The van der Waals surface area contributed by atoms with E-state index in [0.717, 1.165) is 34.9 Å². The van der Waals surface area contributed by atoms with Crippen LogP contribution < -0.4 is 0 Å². The van der Waals surface area contributed by atoms with Gasteiger partial charge in [0.1, 0.15) is 0 Å². The molecule has 0 bridgehead atoms. The van der Waals surface area contributed by atoms with Gasteiger partial charge in [-0.2, -0.15) is 5.26 Å². The summed E-state index contributed by atoms with van der Waals surface area (Å²) in [5, 5.41) is 10.1. The molecule has 17 heavy (non-hydrogen) atoms. The number of rotatable bonds is 3. The number of fused-ring (bicyclic) bond motifs is 1. The lowest BCUT2D eigenvalue weighted by Gasteiger charge is -1.99. The first-order valence-corrected chi connectivity index (χ1v) is 5.79. The molecule has 2 aromatic rings. The normalized spacial score (nSPS) is 11.4. The van der Waals surface area contributed by atoms with Crippen LogP contribution in [0.15, 0.2) is 42.1 Å². The number of nitrogens with zero attached hydrogens (tertiary/aromatic N) is 2. The largest absolute Gasteiger partial charge is 0.256 e. The van der Waals surface area contributed by atoms with Crippen LogP contribution in [0, 0.1) is 11.3 Å². The fourth-order valence-corrected chi connectivity index (χ4v) is 1.80. The van der Waals surface area contributed by atoms with Crippen molar-refractivity contribution in [2.75, 3.05) is 0 Å². The number of hydrogen-bond acceptors (Lipinski definition) is 2. The summed E-state index contributed by atoms with van der Waals surface area (Å²) in [6, 6.07) is 12.3. The molecule has 0 saturated heterocycles. The highest BCUT2D eigenvalue weighted by atomic mass is 14.6. The molecule has 0 amide bonds. The summed E-state index contributed by atoms with van der Waals surface area (Å²) in [6.45, 7) is 2.07. The lowest BCUT2D eigenvalue weighted by Crippen LogP contribution is -1.83. The first-order chi connectivity index (χ1) is 8.33. The zero-order valence-corrected chi connectivity index (χ0v) is 9.85. The molecule has 0 aliphatic carbocycles. The molecule has 0 atom stereocenters. The fraction of sp³-hybridized carbons (Fsp3) is 0.200. The maximum absolute atomic E-state index is 8.99. The van der Waals surface area contributed by atoms with Gasteiger partial charge in [0.25, 0.3) is 0 Å². The van der Waals surface area contributed by atoms with Gasteiger partial charge in [-0.25, -0.2) is 0 Å². The summed E-state index contributed by atoms with van der Waals surface area (Å²) in [4.78, 5) is 4.37. The van der Waals surface area contributed by atoms with Crippen LogP contribution in [0.1, 0.15) is 25.3 Å². The van der Waals surface area contributed by atoms with Gasteiger partial charge in [0.2, 0.25) is 0 Å². The van der Waals surface area contributed by atoms with E-state index in [-0.39, 0.29) is 0 Å². The molecule has 0 aliphatic heterocycles. The summed E-state index contributed by atoms with van der Waals surface area (Å²) in [5.41, 5.74) is 2.79. The van der Waals surface area contributed by atoms with Crippen molar-refractivity contribution in [2.45, 2.75) is 19.8 Å². The van der Waals surface area contributed by atoms with Crippen LogP contribution in [0.5, 0.6) is 0 Å². The first-order valence-electron chi connectivity index (χ1n) is 5.79. The third-order valence-corrected chi connectivity index (χ3v) is 2.62. The highest BCUT2D eigenvalue weighted by molar-refractivity contribution is 5.80. The van der Waals surface area contributed by atoms with Gasteiger partial charge >= 0.3 is 0 Å². The van der Waals surface area contributed by atoms with Gasteiger partial charge in [-0.1, -0.05) is 31.5 Å². The molecule has 1 heterocycles. The number of hydrogen-bond donors (Lipinski definition) is 0. The van der Waals surface area contributed by atoms with Crippen LogP contribution in [-0.2, 0) is 0 Å². The molecule has 0 spiro atoms. The van der Waals surface area contributed by atoms with E-state index in [1.54, 1.807) is 0 Å². The number of nitriles is 1. The average molecular weight is 222 g/mol. The Labute approximate surface area is 101 Å². The van der Waals surface area contributed by atoms with Crippen LogP contribution in [0.4, 0.5) is 0 Å². The van der Waals surface area contributed by atoms with Crippen LogP contribution >= 0.6 is 0 Å². The lowest BCUT2D eigenvalue weighted by molar-refractivity contribution is 0.934. The molecule has 2 rings (SSSR count). The Kier molecular flexibility index (Phi) is 3.52. The number of para-hydroxylation sites is 1. The second kappa shape index (κ2) is 5.27. The van der Waals surface area contributed by atoms with E-state index in [1.165, 1.54) is 0 Å². The molecular weight excluding hydrogens is 208 g/mol. The highest BCUT2D eigenvalue weighted by Crippen LogP contribution is 2.16. The molecule has 0 aliphatic rings. The first kappa shape index (κ1) is 11.3. The van der Waals surface area contributed by atoms with Crippen LogP contribution in [0.3, 0.4) is 0 Å². The van der Waals surface area contributed by atoms with Crippen molar-refractivity contribution >= 4 is 17.0 Å². The molecule has 0 unspecified atom stereocenters. The standard InChI is InChI=1S/C15H14N2/c1-2-5-12(10-16)8-13-9-14-6-3-4-7-15(14)17-11-13/h3-4,6-9,11H,2,5H2,1H3/b12-8+. The van der Waals surface area contributed by atoms with Gasteiger partial charge in [0, 0.05) is 17.2 Å². The van der Waals surface area contributed by atoms with E-state index in [1.807, 2.05) is 36.5 Å². The van der Waals surface area contributed by atoms with E-state index >= 15 is 0 Å². The van der Waals surface area contributed by atoms with Crippen molar-refractivity contribution in [3.8, 4) is 6.07 Å². The minimum absolute atomic E-state index is 0.810. The molecule has 2 nitrogen and oxygen atoms in total. The quantitative estimate of drug-likeness (QED) is 0.737. The Morgan fingerprint density at radius 1 is 1.41 bits per heavy atom. The number of aromatic nitrogens is 1.